The van der Waals surface area contributed by atoms with Gasteiger partial charge in [-0.2, -0.15) is 0 Å². The van der Waals surface area contributed by atoms with Crippen LogP contribution in [0.2, 0.25) is 58.9 Å². The molecule has 4 atom stereocenters. The molecule has 0 aromatic rings. The summed E-state index contributed by atoms with van der Waals surface area (Å²) in [6, 6.07) is 0. The van der Waals surface area contributed by atoms with Crippen molar-refractivity contribution in [2.45, 2.75) is 83.8 Å². The Morgan fingerprint density at radius 2 is 1.42 bits per heavy atom. The molecule has 0 bridgehead atoms. The van der Waals surface area contributed by atoms with Crippen LogP contribution in [0.25, 0.3) is 0 Å². The molecular formula is C16H40O6Si4. The average Bonchev–Trinajstić information content (AvgIpc) is 2.29. The van der Waals surface area contributed by atoms with E-state index < -0.39 is 33.8 Å². The monoisotopic (exact) mass is 440 g/mol. The first-order valence-electron chi connectivity index (χ1n) is 9.43. The Hall–Kier alpha value is 0.628. The van der Waals surface area contributed by atoms with Gasteiger partial charge >= 0.3 is 17.1 Å². The van der Waals surface area contributed by atoms with Crippen LogP contribution in [0.15, 0.2) is 0 Å². The highest BCUT2D eigenvalue weighted by Gasteiger charge is 2.57. The van der Waals surface area contributed by atoms with Crippen molar-refractivity contribution in [2.75, 3.05) is 20.3 Å². The van der Waals surface area contributed by atoms with E-state index in [-0.39, 0.29) is 17.9 Å². The van der Waals surface area contributed by atoms with Gasteiger partial charge in [0.15, 0.2) is 16.6 Å². The van der Waals surface area contributed by atoms with Crippen molar-refractivity contribution in [2.24, 2.45) is 0 Å². The Morgan fingerprint density at radius 3 is 1.81 bits per heavy atom. The fourth-order valence-corrected chi connectivity index (χ4v) is 21.2. The SMILES string of the molecule is COC(C)COC1COC1[Si](C)(O[Si](C)(C)C)O[Si](C)(C)O[Si](C)(C)C. The predicted octanol–water partition coefficient (Wildman–Crippen LogP) is 3.84. The molecule has 0 aliphatic carbocycles. The molecule has 0 aromatic carbocycles. The molecule has 1 heterocycles. The van der Waals surface area contributed by atoms with E-state index in [0.29, 0.717) is 13.2 Å². The van der Waals surface area contributed by atoms with Crippen molar-refractivity contribution in [3.63, 3.8) is 0 Å². The summed E-state index contributed by atoms with van der Waals surface area (Å²) < 4.78 is 37.0. The molecule has 4 unspecified atom stereocenters. The summed E-state index contributed by atoms with van der Waals surface area (Å²) in [5.41, 5.74) is -0.129. The maximum absolute atomic E-state index is 6.71. The fourth-order valence-electron chi connectivity index (χ4n) is 3.21. The Balaban J connectivity index is 2.92. The van der Waals surface area contributed by atoms with Crippen molar-refractivity contribution in [1.29, 1.82) is 0 Å². The number of rotatable bonds is 11. The summed E-state index contributed by atoms with van der Waals surface area (Å²) in [5, 5.41) is 0. The highest BCUT2D eigenvalue weighted by atomic mass is 28.5. The zero-order valence-corrected chi connectivity index (χ0v) is 22.6. The van der Waals surface area contributed by atoms with Gasteiger partial charge in [-0.05, 0) is 65.8 Å². The summed E-state index contributed by atoms with van der Waals surface area (Å²) in [6.07, 6.45) is 0.0568. The first-order valence-corrected chi connectivity index (χ1v) is 21.5. The maximum atomic E-state index is 6.71. The molecule has 0 saturated carbocycles. The molecule has 0 radical (unpaired) electrons. The van der Waals surface area contributed by atoms with Gasteiger partial charge in [-0.15, -0.1) is 0 Å². The second kappa shape index (κ2) is 8.97. The second-order valence-electron chi connectivity index (χ2n) is 9.62. The molecule has 0 aromatic heterocycles. The molecule has 1 fully saturated rings. The van der Waals surface area contributed by atoms with Crippen LogP contribution in [0.4, 0.5) is 0 Å². The zero-order valence-electron chi connectivity index (χ0n) is 18.6. The molecule has 0 spiro atoms. The van der Waals surface area contributed by atoms with E-state index in [0.717, 1.165) is 0 Å². The smallest absolute Gasteiger partial charge is 0.348 e. The van der Waals surface area contributed by atoms with Gasteiger partial charge < -0.3 is 26.6 Å². The first kappa shape index (κ1) is 24.7. The minimum Gasteiger partial charge on any atom is -0.437 e. The summed E-state index contributed by atoms with van der Waals surface area (Å²) in [5.74, 6) is 0. The van der Waals surface area contributed by atoms with Crippen LogP contribution in [-0.4, -0.2) is 72.0 Å². The molecule has 156 valence electrons. The molecule has 26 heavy (non-hydrogen) atoms. The number of hydrogen-bond donors (Lipinski definition) is 0. The Kier molecular flexibility index (Phi) is 8.51. The highest BCUT2D eigenvalue weighted by Crippen LogP contribution is 2.33. The lowest BCUT2D eigenvalue weighted by Crippen LogP contribution is -2.70. The number of methoxy groups -OCH3 is 1. The highest BCUT2D eigenvalue weighted by molar-refractivity contribution is 6.90. The summed E-state index contributed by atoms with van der Waals surface area (Å²) in [6.45, 7) is 22.6. The molecule has 1 aliphatic heterocycles. The maximum Gasteiger partial charge on any atom is 0.348 e. The Morgan fingerprint density at radius 1 is 0.885 bits per heavy atom. The largest absolute Gasteiger partial charge is 0.437 e. The summed E-state index contributed by atoms with van der Waals surface area (Å²) >= 11 is 0. The molecule has 1 aliphatic rings. The zero-order chi connectivity index (χ0) is 20.4. The number of ether oxygens (including phenoxy) is 3. The molecule has 6 nitrogen and oxygen atoms in total. The molecular weight excluding hydrogens is 401 g/mol. The van der Waals surface area contributed by atoms with Crippen molar-refractivity contribution in [3.8, 4) is 0 Å². The van der Waals surface area contributed by atoms with Crippen molar-refractivity contribution in [1.82, 2.24) is 0 Å². The molecule has 1 rings (SSSR count). The molecule has 10 heteroatoms. The second-order valence-corrected chi connectivity index (χ2v) is 25.9. The van der Waals surface area contributed by atoms with E-state index in [1.807, 2.05) is 6.92 Å². The quantitative estimate of drug-likeness (QED) is 0.455. The predicted molar refractivity (Wildman–Crippen MR) is 115 cm³/mol. The van der Waals surface area contributed by atoms with Gasteiger partial charge in [-0.3, -0.25) is 0 Å². The van der Waals surface area contributed by atoms with Crippen LogP contribution in [0, 0.1) is 0 Å². The van der Waals surface area contributed by atoms with Crippen LogP contribution >= 0.6 is 0 Å². The first-order chi connectivity index (χ1) is 11.6. The van der Waals surface area contributed by atoms with Crippen molar-refractivity contribution >= 4 is 33.8 Å². The van der Waals surface area contributed by atoms with Gasteiger partial charge in [0.1, 0.15) is 11.8 Å². The minimum atomic E-state index is -2.65. The van der Waals surface area contributed by atoms with E-state index >= 15 is 0 Å². The third-order valence-electron chi connectivity index (χ3n) is 3.75. The van der Waals surface area contributed by atoms with Crippen LogP contribution in [-0.2, 0) is 26.6 Å². The summed E-state index contributed by atoms with van der Waals surface area (Å²) in [4.78, 5) is 0. The van der Waals surface area contributed by atoms with Crippen LogP contribution in [0.3, 0.4) is 0 Å². The third kappa shape index (κ3) is 8.33. The normalized spacial score (nSPS) is 25.5. The minimum absolute atomic E-state index is 0.00250. The molecule has 0 amide bonds. The summed E-state index contributed by atoms with van der Waals surface area (Å²) in [7, 11) is -6.82. The average molecular weight is 441 g/mol. The van der Waals surface area contributed by atoms with E-state index in [2.05, 4.69) is 58.9 Å². The third-order valence-corrected chi connectivity index (χ3v) is 17.4. The molecule has 1 saturated heterocycles. The standard InChI is InChI=1S/C16H40O6Si4/c1-14(17-2)12-18-15-13-19-16(15)26(11,21-24(6,7)8)22-25(9,10)20-23(3,4)5/h14-16H,12-13H2,1-11H3. The van der Waals surface area contributed by atoms with Gasteiger partial charge in [-0.1, -0.05) is 0 Å². The molecule has 0 N–H and O–H groups in total. The van der Waals surface area contributed by atoms with Gasteiger partial charge in [-0.25, -0.2) is 0 Å². The van der Waals surface area contributed by atoms with E-state index in [9.17, 15) is 0 Å². The van der Waals surface area contributed by atoms with Crippen LogP contribution in [0.5, 0.6) is 0 Å². The lowest BCUT2D eigenvalue weighted by Gasteiger charge is -2.50. The van der Waals surface area contributed by atoms with E-state index in [1.165, 1.54) is 0 Å². The van der Waals surface area contributed by atoms with Crippen molar-refractivity contribution in [3.05, 3.63) is 0 Å². The van der Waals surface area contributed by atoms with Crippen LogP contribution < -0.4 is 0 Å². The number of hydrogen-bond acceptors (Lipinski definition) is 6. The van der Waals surface area contributed by atoms with Gasteiger partial charge in [0.2, 0.25) is 0 Å². The van der Waals surface area contributed by atoms with Gasteiger partial charge in [0, 0.05) is 7.11 Å². The fraction of sp³-hybridized carbons (Fsp3) is 1.00. The van der Waals surface area contributed by atoms with Crippen LogP contribution in [0.1, 0.15) is 6.92 Å². The van der Waals surface area contributed by atoms with Gasteiger partial charge in [0.25, 0.3) is 0 Å². The van der Waals surface area contributed by atoms with E-state index in [1.54, 1.807) is 7.11 Å². The van der Waals surface area contributed by atoms with E-state index in [4.69, 9.17) is 26.6 Å². The van der Waals surface area contributed by atoms with Crippen molar-refractivity contribution < 1.29 is 26.6 Å². The van der Waals surface area contributed by atoms with Gasteiger partial charge in [0.05, 0.1) is 19.3 Å². The lowest BCUT2D eigenvalue weighted by molar-refractivity contribution is -0.176. The topological polar surface area (TPSA) is 55.4 Å². The Labute approximate surface area is 164 Å². The Bertz CT molecular complexity index is 451. The lowest BCUT2D eigenvalue weighted by atomic mass is 10.3.